The second-order valence-corrected chi connectivity index (χ2v) is 5.00. The van der Waals surface area contributed by atoms with Gasteiger partial charge < -0.3 is 10.2 Å². The lowest BCUT2D eigenvalue weighted by Crippen LogP contribution is -2.35. The van der Waals surface area contributed by atoms with Crippen molar-refractivity contribution >= 4 is 22.5 Å². The Morgan fingerprint density at radius 2 is 2.10 bits per heavy atom. The lowest BCUT2D eigenvalue weighted by Gasteiger charge is -2.23. The highest BCUT2D eigenvalue weighted by Crippen LogP contribution is 2.23. The lowest BCUT2D eigenvalue weighted by molar-refractivity contribution is 0.0735. The van der Waals surface area contributed by atoms with E-state index in [-0.39, 0.29) is 11.9 Å². The van der Waals surface area contributed by atoms with Gasteiger partial charge in [0.1, 0.15) is 11.5 Å². The van der Waals surface area contributed by atoms with Crippen LogP contribution in [0.2, 0.25) is 0 Å². The Hall–Kier alpha value is -2.10. The number of carbonyl (C=O) groups is 1. The van der Waals surface area contributed by atoms with Gasteiger partial charge in [0.2, 0.25) is 0 Å². The van der Waals surface area contributed by atoms with Crippen LogP contribution < -0.4 is 5.32 Å². The zero-order valence-corrected chi connectivity index (χ0v) is 12.5. The molecule has 1 heterocycles. The fourth-order valence-corrected chi connectivity index (χ4v) is 2.15. The molecule has 1 N–H and O–H groups in total. The first-order chi connectivity index (χ1) is 9.58. The summed E-state index contributed by atoms with van der Waals surface area (Å²) in [6.45, 7) is 4.11. The van der Waals surface area contributed by atoms with Crippen LogP contribution in [0.1, 0.15) is 30.8 Å². The molecule has 4 nitrogen and oxygen atoms in total. The molecule has 0 aliphatic carbocycles. The maximum absolute atomic E-state index is 12.5. The predicted molar refractivity (Wildman–Crippen MR) is 83.1 cm³/mol. The summed E-state index contributed by atoms with van der Waals surface area (Å²) < 4.78 is 0. The number of hydrogen-bond acceptors (Lipinski definition) is 3. The van der Waals surface area contributed by atoms with Gasteiger partial charge in [-0.15, -0.1) is 0 Å². The van der Waals surface area contributed by atoms with Crippen molar-refractivity contribution in [1.82, 2.24) is 9.88 Å². The molecule has 4 heteroatoms. The largest absolute Gasteiger partial charge is 0.373 e. The van der Waals surface area contributed by atoms with Crippen LogP contribution in [0.3, 0.4) is 0 Å². The van der Waals surface area contributed by atoms with Crippen molar-refractivity contribution in [3.8, 4) is 0 Å². The van der Waals surface area contributed by atoms with Crippen LogP contribution in [0.4, 0.5) is 5.82 Å². The van der Waals surface area contributed by atoms with E-state index in [1.54, 1.807) is 4.90 Å². The Balaban J connectivity index is 2.47. The number of carbonyl (C=O) groups excluding carboxylic acids is 1. The SMILES string of the molecule is CCC(C)N(C)C(=O)c1cc2ccccc2c(NC)n1. The molecule has 1 unspecified atom stereocenters. The van der Waals surface area contributed by atoms with Gasteiger partial charge in [-0.25, -0.2) is 4.98 Å². The number of rotatable bonds is 4. The van der Waals surface area contributed by atoms with Crippen LogP contribution in [-0.2, 0) is 0 Å². The summed E-state index contributed by atoms with van der Waals surface area (Å²) in [5.41, 5.74) is 0.482. The highest BCUT2D eigenvalue weighted by Gasteiger charge is 2.18. The number of nitrogens with zero attached hydrogens (tertiary/aromatic N) is 2. The fourth-order valence-electron chi connectivity index (χ4n) is 2.15. The molecule has 0 fully saturated rings. The lowest BCUT2D eigenvalue weighted by atomic mass is 10.1. The van der Waals surface area contributed by atoms with Gasteiger partial charge in [-0.1, -0.05) is 31.2 Å². The molecule has 0 radical (unpaired) electrons. The molecular formula is C16H21N3O. The van der Waals surface area contributed by atoms with Crippen molar-refractivity contribution < 1.29 is 4.79 Å². The van der Waals surface area contributed by atoms with Gasteiger partial charge >= 0.3 is 0 Å². The number of nitrogens with one attached hydrogen (secondary N) is 1. The standard InChI is InChI=1S/C16H21N3O/c1-5-11(2)19(4)16(20)14-10-12-8-6-7-9-13(12)15(17-3)18-14/h6-11H,5H2,1-4H3,(H,17,18). The minimum atomic E-state index is -0.0402. The van der Waals surface area contributed by atoms with Crippen molar-refractivity contribution in [3.05, 3.63) is 36.0 Å². The summed E-state index contributed by atoms with van der Waals surface area (Å²) in [5, 5.41) is 5.11. The summed E-state index contributed by atoms with van der Waals surface area (Å²) >= 11 is 0. The molecule has 0 saturated carbocycles. The predicted octanol–water partition coefficient (Wildman–Crippen LogP) is 3.15. The molecule has 1 aromatic heterocycles. The Labute approximate surface area is 119 Å². The second-order valence-electron chi connectivity index (χ2n) is 5.00. The van der Waals surface area contributed by atoms with Crippen LogP contribution in [0.15, 0.2) is 30.3 Å². The van der Waals surface area contributed by atoms with Gasteiger partial charge in [-0.05, 0) is 24.8 Å². The molecular weight excluding hydrogens is 250 g/mol. The first kappa shape index (κ1) is 14.3. The molecule has 1 aromatic carbocycles. The summed E-state index contributed by atoms with van der Waals surface area (Å²) in [5.74, 6) is 0.700. The molecule has 0 aliphatic heterocycles. The Morgan fingerprint density at radius 3 is 2.75 bits per heavy atom. The molecule has 0 spiro atoms. The molecule has 2 aromatic rings. The quantitative estimate of drug-likeness (QED) is 0.929. The van der Waals surface area contributed by atoms with Gasteiger partial charge in [-0.2, -0.15) is 0 Å². The fraction of sp³-hybridized carbons (Fsp3) is 0.375. The van der Waals surface area contributed by atoms with Crippen molar-refractivity contribution in [3.63, 3.8) is 0 Å². The molecule has 106 valence electrons. The second kappa shape index (κ2) is 5.90. The number of hydrogen-bond donors (Lipinski definition) is 1. The van der Waals surface area contributed by atoms with E-state index in [1.165, 1.54) is 0 Å². The topological polar surface area (TPSA) is 45.2 Å². The van der Waals surface area contributed by atoms with E-state index in [0.29, 0.717) is 5.69 Å². The third-order valence-corrected chi connectivity index (χ3v) is 3.77. The van der Waals surface area contributed by atoms with E-state index < -0.39 is 0 Å². The highest BCUT2D eigenvalue weighted by molar-refractivity contribution is 6.00. The number of benzene rings is 1. The van der Waals surface area contributed by atoms with Gasteiger partial charge in [0.25, 0.3) is 5.91 Å². The highest BCUT2D eigenvalue weighted by atomic mass is 16.2. The molecule has 1 atom stereocenters. The molecule has 0 bridgehead atoms. The normalized spacial score (nSPS) is 12.2. The molecule has 1 amide bonds. The Morgan fingerprint density at radius 1 is 1.40 bits per heavy atom. The van der Waals surface area contributed by atoms with Gasteiger partial charge in [0.15, 0.2) is 0 Å². The van der Waals surface area contributed by atoms with Crippen LogP contribution in [0.5, 0.6) is 0 Å². The summed E-state index contributed by atoms with van der Waals surface area (Å²) in [7, 11) is 3.65. The summed E-state index contributed by atoms with van der Waals surface area (Å²) in [6.07, 6.45) is 0.925. The van der Waals surface area contributed by atoms with Crippen molar-refractivity contribution in [1.29, 1.82) is 0 Å². The van der Waals surface area contributed by atoms with Gasteiger partial charge in [0, 0.05) is 25.5 Å². The maximum Gasteiger partial charge on any atom is 0.272 e. The van der Waals surface area contributed by atoms with E-state index in [1.807, 2.05) is 51.4 Å². The molecule has 20 heavy (non-hydrogen) atoms. The summed E-state index contributed by atoms with van der Waals surface area (Å²) in [6, 6.07) is 10.00. The average molecular weight is 271 g/mol. The molecule has 0 saturated heterocycles. The number of fused-ring (bicyclic) bond motifs is 1. The van der Waals surface area contributed by atoms with E-state index in [2.05, 4.69) is 17.2 Å². The maximum atomic E-state index is 12.5. The zero-order chi connectivity index (χ0) is 14.7. The van der Waals surface area contributed by atoms with Crippen molar-refractivity contribution in [2.45, 2.75) is 26.3 Å². The Kier molecular flexibility index (Phi) is 4.23. The van der Waals surface area contributed by atoms with Crippen LogP contribution in [-0.4, -0.2) is 35.9 Å². The molecule has 0 aliphatic rings. The number of amides is 1. The van der Waals surface area contributed by atoms with Gasteiger partial charge in [0.05, 0.1) is 0 Å². The number of pyridine rings is 1. The summed E-state index contributed by atoms with van der Waals surface area (Å²) in [4.78, 5) is 18.7. The zero-order valence-electron chi connectivity index (χ0n) is 12.5. The first-order valence-electron chi connectivity index (χ1n) is 6.93. The van der Waals surface area contributed by atoms with Crippen molar-refractivity contribution in [2.24, 2.45) is 0 Å². The average Bonchev–Trinajstić information content (AvgIpc) is 2.51. The van der Waals surface area contributed by atoms with Crippen LogP contribution >= 0.6 is 0 Å². The number of anilines is 1. The monoisotopic (exact) mass is 271 g/mol. The third kappa shape index (κ3) is 2.59. The van der Waals surface area contributed by atoms with E-state index >= 15 is 0 Å². The van der Waals surface area contributed by atoms with E-state index in [4.69, 9.17) is 0 Å². The minimum absolute atomic E-state index is 0.0402. The Bertz CT molecular complexity index is 624. The molecule has 2 rings (SSSR count). The van der Waals surface area contributed by atoms with Crippen LogP contribution in [0, 0.1) is 0 Å². The third-order valence-electron chi connectivity index (χ3n) is 3.77. The number of aromatic nitrogens is 1. The minimum Gasteiger partial charge on any atom is -0.373 e. The van der Waals surface area contributed by atoms with E-state index in [9.17, 15) is 4.79 Å². The van der Waals surface area contributed by atoms with Gasteiger partial charge in [-0.3, -0.25) is 4.79 Å². The van der Waals surface area contributed by atoms with Crippen LogP contribution in [0.25, 0.3) is 10.8 Å². The van der Waals surface area contributed by atoms with E-state index in [0.717, 1.165) is 23.0 Å². The van der Waals surface area contributed by atoms with Crippen molar-refractivity contribution in [2.75, 3.05) is 19.4 Å². The first-order valence-corrected chi connectivity index (χ1v) is 6.93. The smallest absolute Gasteiger partial charge is 0.272 e.